The van der Waals surface area contributed by atoms with Crippen LogP contribution in [0.3, 0.4) is 0 Å². The first-order chi connectivity index (χ1) is 18.1. The van der Waals surface area contributed by atoms with Crippen LogP contribution >= 0.6 is 23.2 Å². The molecule has 4 rings (SSSR count). The zero-order valence-corrected chi connectivity index (χ0v) is 23.9. The molecule has 1 aliphatic heterocycles. The van der Waals surface area contributed by atoms with E-state index in [-0.39, 0.29) is 28.6 Å². The van der Waals surface area contributed by atoms with Crippen LogP contribution in [0.25, 0.3) is 0 Å². The van der Waals surface area contributed by atoms with Crippen molar-refractivity contribution in [3.8, 4) is 5.75 Å². The van der Waals surface area contributed by atoms with Crippen molar-refractivity contribution in [3.05, 3.63) is 45.8 Å². The number of nitrogens with zero attached hydrogens (tertiary/aromatic N) is 2. The van der Waals surface area contributed by atoms with E-state index >= 15 is 0 Å². The molecule has 38 heavy (non-hydrogen) atoms. The fourth-order valence-electron chi connectivity index (χ4n) is 4.03. The molecule has 206 valence electrons. The third-order valence-electron chi connectivity index (χ3n) is 6.38. The maximum Gasteiger partial charge on any atom is 0.229 e. The summed E-state index contributed by atoms with van der Waals surface area (Å²) >= 11 is 13.1. The van der Waals surface area contributed by atoms with E-state index < -0.39 is 20.1 Å². The molecule has 0 bridgehead atoms. The second kappa shape index (κ2) is 12.1. The van der Waals surface area contributed by atoms with Gasteiger partial charge in [0.2, 0.25) is 5.95 Å². The van der Waals surface area contributed by atoms with Crippen molar-refractivity contribution >= 4 is 55.5 Å². The highest BCUT2D eigenvalue weighted by Crippen LogP contribution is 2.41. The van der Waals surface area contributed by atoms with Crippen molar-refractivity contribution < 1.29 is 13.2 Å². The topological polar surface area (TPSA) is 141 Å². The van der Waals surface area contributed by atoms with Gasteiger partial charge in [0.05, 0.1) is 28.9 Å². The lowest BCUT2D eigenvalue weighted by atomic mass is 9.90. The molecule has 1 aromatic heterocycles. The van der Waals surface area contributed by atoms with Crippen LogP contribution in [0.1, 0.15) is 51.0 Å². The molecular weight excluding hydrogens is 549 g/mol. The molecule has 1 saturated heterocycles. The summed E-state index contributed by atoms with van der Waals surface area (Å²) in [5.41, 5.74) is 1.69. The van der Waals surface area contributed by atoms with Gasteiger partial charge in [-0.15, -0.1) is 0 Å². The molecule has 0 radical (unpaired) electrons. The number of ether oxygens (including phenoxy) is 1. The number of hydrogen-bond acceptors (Lipinski definition) is 10. The van der Waals surface area contributed by atoms with E-state index in [2.05, 4.69) is 31.2 Å². The molecule has 5 N–H and O–H groups in total. The summed E-state index contributed by atoms with van der Waals surface area (Å²) in [4.78, 5) is 8.72. The maximum atomic E-state index is 12.6. The number of halogens is 2. The highest BCUT2D eigenvalue weighted by molar-refractivity contribution is 8.07. The standard InChI is InChI=1S/C25H33Cl2N7O3S/c1-14(2)38(35,36)23(28)21(13-29-3)32-24-19(27)12-31-25(34-24)33-20-11-18(26)17(15-6-8-30-9-7-15)10-22(20)37-16-4-5-16/h10-16,28-30H,4-9H2,1-3H3,(H2,31,32,33,34)/b21-13+,28-23?. The van der Waals surface area contributed by atoms with E-state index in [1.165, 1.54) is 26.2 Å². The van der Waals surface area contributed by atoms with Crippen molar-refractivity contribution in [1.82, 2.24) is 20.6 Å². The summed E-state index contributed by atoms with van der Waals surface area (Å²) in [7, 11) is -2.24. The van der Waals surface area contributed by atoms with Crippen LogP contribution in [-0.2, 0) is 9.84 Å². The van der Waals surface area contributed by atoms with Gasteiger partial charge in [-0.1, -0.05) is 23.2 Å². The van der Waals surface area contributed by atoms with Gasteiger partial charge in [-0.05, 0) is 76.2 Å². The lowest BCUT2D eigenvalue weighted by Gasteiger charge is -2.25. The van der Waals surface area contributed by atoms with Crippen LogP contribution < -0.4 is 26.0 Å². The Labute approximate surface area is 233 Å². The van der Waals surface area contributed by atoms with Crippen LogP contribution in [0.2, 0.25) is 10.0 Å². The van der Waals surface area contributed by atoms with Crippen molar-refractivity contribution in [2.75, 3.05) is 30.8 Å². The fraction of sp³-hybridized carbons (Fsp3) is 0.480. The second-order valence-electron chi connectivity index (χ2n) is 9.62. The number of anilines is 3. The first kappa shape index (κ1) is 28.4. The zero-order valence-electron chi connectivity index (χ0n) is 21.6. The van der Waals surface area contributed by atoms with Crippen molar-refractivity contribution in [1.29, 1.82) is 5.41 Å². The molecule has 13 heteroatoms. The van der Waals surface area contributed by atoms with E-state index in [1.54, 1.807) is 7.05 Å². The Hall–Kier alpha value is -2.60. The van der Waals surface area contributed by atoms with Gasteiger partial charge in [0.15, 0.2) is 20.7 Å². The highest BCUT2D eigenvalue weighted by atomic mass is 35.5. The molecule has 2 heterocycles. The van der Waals surface area contributed by atoms with Gasteiger partial charge in [-0.3, -0.25) is 5.41 Å². The predicted molar refractivity (Wildman–Crippen MR) is 153 cm³/mol. The lowest BCUT2D eigenvalue weighted by Crippen LogP contribution is -2.28. The van der Waals surface area contributed by atoms with Gasteiger partial charge in [0, 0.05) is 18.3 Å². The summed E-state index contributed by atoms with van der Waals surface area (Å²) in [6.45, 7) is 4.94. The number of rotatable bonds is 10. The Morgan fingerprint density at radius 1 is 1.18 bits per heavy atom. The Morgan fingerprint density at radius 2 is 1.89 bits per heavy atom. The Kier molecular flexibility index (Phi) is 9.02. The molecule has 1 saturated carbocycles. The molecule has 10 nitrogen and oxygen atoms in total. The maximum absolute atomic E-state index is 12.6. The molecule has 0 spiro atoms. The first-order valence-electron chi connectivity index (χ1n) is 12.6. The number of nitrogens with one attached hydrogen (secondary N) is 5. The van der Waals surface area contributed by atoms with E-state index in [4.69, 9.17) is 33.3 Å². The van der Waals surface area contributed by atoms with E-state index in [0.29, 0.717) is 22.4 Å². The van der Waals surface area contributed by atoms with Gasteiger partial charge in [0.1, 0.15) is 10.8 Å². The average molecular weight is 583 g/mol. The monoisotopic (exact) mass is 581 g/mol. The molecule has 2 aromatic rings. The van der Waals surface area contributed by atoms with Crippen molar-refractivity contribution in [2.24, 2.45) is 0 Å². The van der Waals surface area contributed by atoms with Crippen LogP contribution in [0.4, 0.5) is 17.5 Å². The van der Waals surface area contributed by atoms with Crippen LogP contribution in [-0.4, -0.2) is 54.9 Å². The minimum absolute atomic E-state index is 0.000116. The fourth-order valence-corrected chi connectivity index (χ4v) is 5.37. The van der Waals surface area contributed by atoms with E-state index in [0.717, 1.165) is 44.3 Å². The number of piperidine rings is 1. The average Bonchev–Trinajstić information content (AvgIpc) is 3.71. The lowest BCUT2D eigenvalue weighted by molar-refractivity contribution is 0.304. The second-order valence-corrected chi connectivity index (χ2v) is 12.9. The summed E-state index contributed by atoms with van der Waals surface area (Å²) in [6.07, 6.45) is 6.95. The summed E-state index contributed by atoms with van der Waals surface area (Å²) in [5, 5.41) is 19.9. The molecule has 1 aromatic carbocycles. The molecule has 0 amide bonds. The largest absolute Gasteiger partial charge is 0.488 e. The number of aromatic nitrogens is 2. The minimum atomic E-state index is -3.84. The Morgan fingerprint density at radius 3 is 2.53 bits per heavy atom. The van der Waals surface area contributed by atoms with Gasteiger partial charge in [0.25, 0.3) is 0 Å². The van der Waals surface area contributed by atoms with Crippen LogP contribution in [0, 0.1) is 5.41 Å². The molecule has 2 aliphatic rings. The van der Waals surface area contributed by atoms with Crippen molar-refractivity contribution in [2.45, 2.75) is 56.8 Å². The summed E-state index contributed by atoms with van der Waals surface area (Å²) < 4.78 is 31.4. The number of sulfone groups is 1. The third-order valence-corrected chi connectivity index (χ3v) is 9.01. The molecular formula is C25H33Cl2N7O3S. The summed E-state index contributed by atoms with van der Waals surface area (Å²) in [6, 6.07) is 3.85. The van der Waals surface area contributed by atoms with E-state index in [1.807, 2.05) is 12.1 Å². The van der Waals surface area contributed by atoms with Crippen molar-refractivity contribution in [3.63, 3.8) is 0 Å². The summed E-state index contributed by atoms with van der Waals surface area (Å²) in [5.74, 6) is 1.37. The Bertz CT molecular complexity index is 1320. The van der Waals surface area contributed by atoms with Crippen LogP contribution in [0.5, 0.6) is 5.75 Å². The molecule has 1 aliphatic carbocycles. The van der Waals surface area contributed by atoms with Crippen LogP contribution in [0.15, 0.2) is 30.2 Å². The molecule has 0 atom stereocenters. The normalized spacial score (nSPS) is 16.8. The van der Waals surface area contributed by atoms with Gasteiger partial charge in [-0.2, -0.15) is 4.98 Å². The third kappa shape index (κ3) is 6.69. The molecule has 2 fully saturated rings. The predicted octanol–water partition coefficient (Wildman–Crippen LogP) is 4.81. The highest BCUT2D eigenvalue weighted by Gasteiger charge is 2.28. The first-order valence-corrected chi connectivity index (χ1v) is 14.9. The van der Waals surface area contributed by atoms with E-state index in [9.17, 15) is 8.42 Å². The van der Waals surface area contributed by atoms with Gasteiger partial charge >= 0.3 is 0 Å². The smallest absolute Gasteiger partial charge is 0.229 e. The molecule has 0 unspecified atom stereocenters. The number of benzene rings is 1. The quantitative estimate of drug-likeness (QED) is 0.197. The van der Waals surface area contributed by atoms with Gasteiger partial charge in [-0.25, -0.2) is 13.4 Å². The number of hydrogen-bond donors (Lipinski definition) is 5. The SMILES string of the molecule is CN/C=C(/Nc1nc(Nc2cc(Cl)c(C3CCNCC3)cc2OC2CC2)ncc1Cl)C(=N)S(=O)(=O)C(C)C. The Balaban J connectivity index is 1.62. The van der Waals surface area contributed by atoms with Gasteiger partial charge < -0.3 is 26.0 Å². The minimum Gasteiger partial charge on any atom is -0.488 e. The zero-order chi connectivity index (χ0) is 27.4.